The Morgan fingerprint density at radius 2 is 1.69 bits per heavy atom. The van der Waals surface area contributed by atoms with Crippen LogP contribution in [0, 0.1) is 13.8 Å². The van der Waals surface area contributed by atoms with Crippen molar-refractivity contribution in [3.8, 4) is 0 Å². The lowest BCUT2D eigenvalue weighted by molar-refractivity contribution is -0.146. The highest BCUT2D eigenvalue weighted by molar-refractivity contribution is 6.00. The van der Waals surface area contributed by atoms with Crippen LogP contribution in [0.4, 0.5) is 5.69 Å². The van der Waals surface area contributed by atoms with Crippen molar-refractivity contribution >= 4 is 23.5 Å². The molecule has 0 heterocycles. The Kier molecular flexibility index (Phi) is 9.40. The summed E-state index contributed by atoms with van der Waals surface area (Å²) in [6.07, 6.45) is 1.08. The number of carbonyl (C=O) groups is 3. The van der Waals surface area contributed by atoms with Crippen LogP contribution in [-0.4, -0.2) is 48.2 Å². The zero-order chi connectivity index (χ0) is 23.7. The molecular formula is C25H32N2O5. The number of hydrogen-bond acceptors (Lipinski definition) is 5. The summed E-state index contributed by atoms with van der Waals surface area (Å²) in [5, 5.41) is 12.4. The van der Waals surface area contributed by atoms with Crippen molar-refractivity contribution in [1.29, 1.82) is 0 Å². The van der Waals surface area contributed by atoms with E-state index < -0.39 is 36.5 Å². The first-order chi connectivity index (χ1) is 15.2. The molecule has 1 amide bonds. The summed E-state index contributed by atoms with van der Waals surface area (Å²) in [6.45, 7) is 6.91. The molecule has 7 nitrogen and oxygen atoms in total. The van der Waals surface area contributed by atoms with Gasteiger partial charge in [0, 0.05) is 5.69 Å². The number of carbonyl (C=O) groups excluding carboxylic acids is 2. The Morgan fingerprint density at radius 1 is 1.06 bits per heavy atom. The molecule has 0 fully saturated rings. The minimum absolute atomic E-state index is 0.235. The number of rotatable bonds is 11. The molecule has 2 N–H and O–H groups in total. The molecule has 0 saturated heterocycles. The molecule has 0 aliphatic heterocycles. The summed E-state index contributed by atoms with van der Waals surface area (Å²) >= 11 is 0. The monoisotopic (exact) mass is 440 g/mol. The standard InChI is InChI=1S/C25H32N2O5/c1-5-32-25(31)22(12-11-20-9-7-6-8-10-20)26-19(4)24(30)27(16-23(28)29)21-14-17(2)13-18(3)15-21/h6-10,13-15,19,22,26H,5,11-12,16H2,1-4H3,(H,28,29)/t19-,22-/m0/s1. The van der Waals surface area contributed by atoms with Crippen LogP contribution in [0.1, 0.15) is 37.0 Å². The van der Waals surface area contributed by atoms with Gasteiger partial charge in [0.1, 0.15) is 12.6 Å². The summed E-state index contributed by atoms with van der Waals surface area (Å²) in [7, 11) is 0. The molecule has 7 heteroatoms. The number of carboxylic acid groups (broad SMARTS) is 1. The number of nitrogens with one attached hydrogen (secondary N) is 1. The molecule has 0 spiro atoms. The molecule has 2 atom stereocenters. The highest BCUT2D eigenvalue weighted by Gasteiger charge is 2.29. The van der Waals surface area contributed by atoms with Crippen LogP contribution in [-0.2, 0) is 25.5 Å². The van der Waals surface area contributed by atoms with E-state index in [1.54, 1.807) is 26.0 Å². The van der Waals surface area contributed by atoms with Crippen molar-refractivity contribution in [2.75, 3.05) is 18.1 Å². The molecule has 0 aliphatic carbocycles. The largest absolute Gasteiger partial charge is 0.480 e. The first-order valence-corrected chi connectivity index (χ1v) is 10.8. The van der Waals surface area contributed by atoms with Crippen LogP contribution in [0.25, 0.3) is 0 Å². The van der Waals surface area contributed by atoms with E-state index in [2.05, 4.69) is 5.32 Å². The van der Waals surface area contributed by atoms with Gasteiger partial charge in [-0.15, -0.1) is 0 Å². The van der Waals surface area contributed by atoms with E-state index in [1.165, 1.54) is 4.90 Å². The maximum absolute atomic E-state index is 13.2. The van der Waals surface area contributed by atoms with Crippen molar-refractivity contribution < 1.29 is 24.2 Å². The van der Waals surface area contributed by atoms with E-state index in [0.29, 0.717) is 18.5 Å². The predicted octanol–water partition coefficient (Wildman–Crippen LogP) is 3.26. The van der Waals surface area contributed by atoms with Gasteiger partial charge in [-0.25, -0.2) is 0 Å². The fourth-order valence-electron chi connectivity index (χ4n) is 3.61. The number of ether oxygens (including phenoxy) is 1. The Balaban J connectivity index is 2.20. The number of aliphatic carboxylic acids is 1. The number of esters is 1. The van der Waals surface area contributed by atoms with Gasteiger partial charge in [0.05, 0.1) is 12.6 Å². The molecule has 0 radical (unpaired) electrons. The van der Waals surface area contributed by atoms with E-state index in [9.17, 15) is 19.5 Å². The van der Waals surface area contributed by atoms with Crippen molar-refractivity contribution in [3.05, 3.63) is 65.2 Å². The van der Waals surface area contributed by atoms with Crippen LogP contribution in [0.3, 0.4) is 0 Å². The molecule has 172 valence electrons. The average molecular weight is 441 g/mol. The second kappa shape index (κ2) is 12.0. The van der Waals surface area contributed by atoms with E-state index in [1.807, 2.05) is 50.2 Å². The summed E-state index contributed by atoms with van der Waals surface area (Å²) in [4.78, 5) is 38.5. The normalized spacial score (nSPS) is 12.6. The zero-order valence-electron chi connectivity index (χ0n) is 19.1. The summed E-state index contributed by atoms with van der Waals surface area (Å²) < 4.78 is 5.19. The van der Waals surface area contributed by atoms with Gasteiger partial charge in [0.15, 0.2) is 0 Å². The van der Waals surface area contributed by atoms with Gasteiger partial charge in [-0.05, 0) is 69.4 Å². The summed E-state index contributed by atoms with van der Waals surface area (Å²) in [5.74, 6) is -1.97. The number of benzene rings is 2. The van der Waals surface area contributed by atoms with Crippen LogP contribution in [0.5, 0.6) is 0 Å². The van der Waals surface area contributed by atoms with Crippen LogP contribution in [0.2, 0.25) is 0 Å². The Bertz CT molecular complexity index is 909. The molecule has 0 aromatic heterocycles. The van der Waals surface area contributed by atoms with E-state index in [0.717, 1.165) is 16.7 Å². The highest BCUT2D eigenvalue weighted by atomic mass is 16.5. The fraction of sp³-hybridized carbons (Fsp3) is 0.400. The highest BCUT2D eigenvalue weighted by Crippen LogP contribution is 2.20. The summed E-state index contributed by atoms with van der Waals surface area (Å²) in [6, 6.07) is 13.8. The van der Waals surface area contributed by atoms with Gasteiger partial charge in [-0.1, -0.05) is 36.4 Å². The van der Waals surface area contributed by atoms with Gasteiger partial charge in [0.25, 0.3) is 0 Å². The van der Waals surface area contributed by atoms with Crippen LogP contribution >= 0.6 is 0 Å². The number of nitrogens with zero attached hydrogens (tertiary/aromatic N) is 1. The van der Waals surface area contributed by atoms with Gasteiger partial charge < -0.3 is 9.84 Å². The minimum Gasteiger partial charge on any atom is -0.480 e. The molecule has 2 rings (SSSR count). The lowest BCUT2D eigenvalue weighted by atomic mass is 10.0. The second-order valence-corrected chi connectivity index (χ2v) is 7.88. The molecule has 0 bridgehead atoms. The smallest absolute Gasteiger partial charge is 0.323 e. The lowest BCUT2D eigenvalue weighted by Gasteiger charge is -2.28. The third-order valence-corrected chi connectivity index (χ3v) is 5.03. The number of amides is 1. The van der Waals surface area contributed by atoms with Gasteiger partial charge >= 0.3 is 11.9 Å². The fourth-order valence-corrected chi connectivity index (χ4v) is 3.61. The number of hydrogen-bond donors (Lipinski definition) is 2. The third-order valence-electron chi connectivity index (χ3n) is 5.03. The van der Waals surface area contributed by atoms with E-state index >= 15 is 0 Å². The van der Waals surface area contributed by atoms with Crippen molar-refractivity contribution in [1.82, 2.24) is 5.32 Å². The number of carboxylic acids is 1. The average Bonchev–Trinajstić information content (AvgIpc) is 2.74. The second-order valence-electron chi connectivity index (χ2n) is 7.88. The number of anilines is 1. The zero-order valence-corrected chi connectivity index (χ0v) is 19.1. The minimum atomic E-state index is -1.12. The summed E-state index contributed by atoms with van der Waals surface area (Å²) in [5.41, 5.74) is 3.44. The Hall–Kier alpha value is -3.19. The molecule has 2 aromatic carbocycles. The van der Waals surface area contributed by atoms with Gasteiger partial charge in [0.2, 0.25) is 5.91 Å². The number of aryl methyl sites for hydroxylation is 3. The van der Waals surface area contributed by atoms with E-state index in [-0.39, 0.29) is 6.61 Å². The molecule has 32 heavy (non-hydrogen) atoms. The first-order valence-electron chi connectivity index (χ1n) is 10.8. The van der Waals surface area contributed by atoms with Crippen molar-refractivity contribution in [3.63, 3.8) is 0 Å². The Morgan fingerprint density at radius 3 is 2.25 bits per heavy atom. The quantitative estimate of drug-likeness (QED) is 0.521. The molecular weight excluding hydrogens is 408 g/mol. The molecule has 0 saturated carbocycles. The third kappa shape index (κ3) is 7.50. The topological polar surface area (TPSA) is 95.9 Å². The van der Waals surface area contributed by atoms with Crippen molar-refractivity contribution in [2.24, 2.45) is 0 Å². The first kappa shape index (κ1) is 25.1. The Labute approximate surface area is 189 Å². The molecule has 0 aliphatic rings. The molecule has 0 unspecified atom stereocenters. The predicted molar refractivity (Wildman–Crippen MR) is 124 cm³/mol. The molecule has 2 aromatic rings. The van der Waals surface area contributed by atoms with Crippen LogP contribution < -0.4 is 10.2 Å². The van der Waals surface area contributed by atoms with Crippen molar-refractivity contribution in [2.45, 2.75) is 52.6 Å². The van der Waals surface area contributed by atoms with Gasteiger partial charge in [-0.2, -0.15) is 0 Å². The lowest BCUT2D eigenvalue weighted by Crippen LogP contribution is -2.52. The van der Waals surface area contributed by atoms with Gasteiger partial charge in [-0.3, -0.25) is 24.6 Å². The van der Waals surface area contributed by atoms with E-state index in [4.69, 9.17) is 4.74 Å². The van der Waals surface area contributed by atoms with Crippen LogP contribution in [0.15, 0.2) is 48.5 Å². The maximum atomic E-state index is 13.2. The maximum Gasteiger partial charge on any atom is 0.323 e. The SMILES string of the molecule is CCOC(=O)[C@H](CCc1ccccc1)N[C@@H](C)C(=O)N(CC(=O)O)c1cc(C)cc(C)c1.